The zero-order chi connectivity index (χ0) is 29.2. The van der Waals surface area contributed by atoms with E-state index in [1.165, 1.54) is 17.0 Å². The molecule has 0 radical (unpaired) electrons. The van der Waals surface area contributed by atoms with Crippen LogP contribution in [0.1, 0.15) is 41.8 Å². The second kappa shape index (κ2) is 14.1. The van der Waals surface area contributed by atoms with Crippen molar-refractivity contribution in [1.29, 1.82) is 0 Å². The first-order valence-corrected chi connectivity index (χ1v) is 13.8. The Balaban J connectivity index is 1.46. The Kier molecular flexibility index (Phi) is 10.1. The van der Waals surface area contributed by atoms with Crippen molar-refractivity contribution in [3.05, 3.63) is 102 Å². The number of nitrogens with one attached hydrogen (secondary N) is 2. The fourth-order valence-electron chi connectivity index (χ4n) is 4.59. The Morgan fingerprint density at radius 3 is 2.34 bits per heavy atom. The SMILES string of the molecule is CCCN(CC(=O)N(CCc1c[nH]c2ccccc12)Cc1ccc(F)cc1)C(=O)Nc1ccc(C(=O)OCC)cc1. The molecular weight excluding hydrogens is 523 g/mol. The fraction of sp³-hybridized carbons (Fsp3) is 0.281. The molecule has 4 rings (SSSR count). The minimum atomic E-state index is -0.433. The molecule has 1 heterocycles. The van der Waals surface area contributed by atoms with Gasteiger partial charge in [0.25, 0.3) is 0 Å². The molecule has 3 amide bonds. The number of hydrogen-bond acceptors (Lipinski definition) is 4. The molecule has 214 valence electrons. The van der Waals surface area contributed by atoms with Crippen molar-refractivity contribution in [3.63, 3.8) is 0 Å². The highest BCUT2D eigenvalue weighted by atomic mass is 19.1. The second-order valence-electron chi connectivity index (χ2n) is 9.70. The van der Waals surface area contributed by atoms with Gasteiger partial charge < -0.3 is 24.8 Å². The quantitative estimate of drug-likeness (QED) is 0.209. The normalized spacial score (nSPS) is 10.8. The number of halogens is 1. The zero-order valence-electron chi connectivity index (χ0n) is 23.4. The second-order valence-corrected chi connectivity index (χ2v) is 9.70. The third-order valence-electron chi connectivity index (χ3n) is 6.72. The Morgan fingerprint density at radius 2 is 1.63 bits per heavy atom. The van der Waals surface area contributed by atoms with Crippen LogP contribution in [-0.4, -0.2) is 58.9 Å². The van der Waals surface area contributed by atoms with Crippen LogP contribution in [0.25, 0.3) is 10.9 Å². The lowest BCUT2D eigenvalue weighted by Crippen LogP contribution is -2.45. The number of H-pyrrole nitrogens is 1. The number of para-hydroxylation sites is 1. The molecule has 0 aliphatic rings. The van der Waals surface area contributed by atoms with Gasteiger partial charge in [-0.2, -0.15) is 0 Å². The lowest BCUT2D eigenvalue weighted by molar-refractivity contribution is -0.132. The van der Waals surface area contributed by atoms with Crippen LogP contribution in [0.15, 0.2) is 79.0 Å². The lowest BCUT2D eigenvalue weighted by Gasteiger charge is -2.28. The maximum Gasteiger partial charge on any atom is 0.338 e. The van der Waals surface area contributed by atoms with Gasteiger partial charge in [-0.3, -0.25) is 4.79 Å². The minimum absolute atomic E-state index is 0.115. The zero-order valence-corrected chi connectivity index (χ0v) is 23.4. The van der Waals surface area contributed by atoms with Gasteiger partial charge in [0.05, 0.1) is 12.2 Å². The molecule has 2 N–H and O–H groups in total. The number of carbonyl (C=O) groups is 3. The van der Waals surface area contributed by atoms with Gasteiger partial charge in [-0.15, -0.1) is 0 Å². The maximum absolute atomic E-state index is 13.6. The van der Waals surface area contributed by atoms with Gasteiger partial charge in [-0.25, -0.2) is 14.0 Å². The largest absolute Gasteiger partial charge is 0.462 e. The van der Waals surface area contributed by atoms with Crippen molar-refractivity contribution >= 4 is 34.5 Å². The summed E-state index contributed by atoms with van der Waals surface area (Å²) in [5.41, 5.74) is 3.80. The summed E-state index contributed by atoms with van der Waals surface area (Å²) in [5.74, 6) is -0.987. The van der Waals surface area contributed by atoms with E-state index in [2.05, 4.69) is 10.3 Å². The molecule has 8 nitrogen and oxygen atoms in total. The van der Waals surface area contributed by atoms with Crippen LogP contribution < -0.4 is 5.32 Å². The molecule has 0 saturated heterocycles. The van der Waals surface area contributed by atoms with Gasteiger partial charge in [0.2, 0.25) is 5.91 Å². The molecule has 0 saturated carbocycles. The standard InChI is InChI=1S/C32H35FN4O4/c1-3-18-37(32(40)35-27-15-11-24(12-16-27)31(39)41-4-2)22-30(38)36(21-23-9-13-26(33)14-10-23)19-17-25-20-34-29-8-6-5-7-28(25)29/h5-16,20,34H,3-4,17-19,21-22H2,1-2H3,(H,35,40). The number of fused-ring (bicyclic) bond motifs is 1. The summed E-state index contributed by atoms with van der Waals surface area (Å²) < 4.78 is 18.5. The van der Waals surface area contributed by atoms with Crippen LogP contribution in [0.4, 0.5) is 14.9 Å². The number of ether oxygens (including phenoxy) is 1. The third kappa shape index (κ3) is 7.94. The first-order chi connectivity index (χ1) is 19.9. The summed E-state index contributed by atoms with van der Waals surface area (Å²) in [6.07, 6.45) is 3.23. The smallest absolute Gasteiger partial charge is 0.338 e. The number of esters is 1. The van der Waals surface area contributed by atoms with Crippen LogP contribution >= 0.6 is 0 Å². The molecule has 1 aromatic heterocycles. The summed E-state index contributed by atoms with van der Waals surface area (Å²) in [6, 6.07) is 20.1. The van der Waals surface area contributed by atoms with E-state index >= 15 is 0 Å². The van der Waals surface area contributed by atoms with Crippen molar-refractivity contribution in [2.24, 2.45) is 0 Å². The number of anilines is 1. The van der Waals surface area contributed by atoms with Crippen molar-refractivity contribution < 1.29 is 23.5 Å². The van der Waals surface area contributed by atoms with Crippen molar-refractivity contribution in [3.8, 4) is 0 Å². The Bertz CT molecular complexity index is 1470. The summed E-state index contributed by atoms with van der Waals surface area (Å²) in [6.45, 7) is 4.93. The summed E-state index contributed by atoms with van der Waals surface area (Å²) in [5, 5.41) is 3.92. The Hall–Kier alpha value is -4.66. The van der Waals surface area contributed by atoms with Crippen molar-refractivity contribution in [2.45, 2.75) is 33.2 Å². The number of aromatic nitrogens is 1. The Labute approximate surface area is 239 Å². The topological polar surface area (TPSA) is 94.7 Å². The number of hydrogen-bond donors (Lipinski definition) is 2. The molecule has 0 fully saturated rings. The molecule has 0 unspecified atom stereocenters. The Morgan fingerprint density at radius 1 is 0.902 bits per heavy atom. The molecule has 3 aromatic carbocycles. The fourth-order valence-corrected chi connectivity index (χ4v) is 4.59. The summed E-state index contributed by atoms with van der Waals surface area (Å²) >= 11 is 0. The highest BCUT2D eigenvalue weighted by Crippen LogP contribution is 2.19. The first-order valence-electron chi connectivity index (χ1n) is 13.8. The van der Waals surface area contributed by atoms with Crippen molar-refractivity contribution in [2.75, 3.05) is 31.6 Å². The van der Waals surface area contributed by atoms with E-state index in [0.29, 0.717) is 43.7 Å². The number of rotatable bonds is 12. The van der Waals surface area contributed by atoms with E-state index in [-0.39, 0.29) is 24.9 Å². The monoisotopic (exact) mass is 558 g/mol. The van der Waals surface area contributed by atoms with E-state index in [9.17, 15) is 18.8 Å². The van der Waals surface area contributed by atoms with Crippen LogP contribution in [0.5, 0.6) is 0 Å². The number of urea groups is 1. The molecule has 0 bridgehead atoms. The van der Waals surface area contributed by atoms with Gasteiger partial charge in [-0.1, -0.05) is 37.3 Å². The average molecular weight is 559 g/mol. The van der Waals surface area contributed by atoms with Crippen LogP contribution in [0.2, 0.25) is 0 Å². The summed E-state index contributed by atoms with van der Waals surface area (Å²) in [4.78, 5) is 45.2. The van der Waals surface area contributed by atoms with E-state index in [4.69, 9.17) is 4.74 Å². The molecule has 0 aliphatic carbocycles. The number of nitrogens with zero attached hydrogens (tertiary/aromatic N) is 2. The van der Waals surface area contributed by atoms with Crippen LogP contribution in [0, 0.1) is 5.82 Å². The molecule has 4 aromatic rings. The maximum atomic E-state index is 13.6. The molecule has 0 spiro atoms. The molecule has 41 heavy (non-hydrogen) atoms. The van der Waals surface area contributed by atoms with Gasteiger partial charge >= 0.3 is 12.0 Å². The number of amides is 3. The highest BCUT2D eigenvalue weighted by Gasteiger charge is 2.22. The molecule has 0 atom stereocenters. The number of benzene rings is 3. The number of carbonyl (C=O) groups excluding carboxylic acids is 3. The van der Waals surface area contributed by atoms with Crippen molar-refractivity contribution in [1.82, 2.24) is 14.8 Å². The van der Waals surface area contributed by atoms with Gasteiger partial charge in [0, 0.05) is 42.4 Å². The first kappa shape index (κ1) is 29.3. The predicted molar refractivity (Wildman–Crippen MR) is 157 cm³/mol. The van der Waals surface area contributed by atoms with E-state index in [0.717, 1.165) is 22.0 Å². The third-order valence-corrected chi connectivity index (χ3v) is 6.72. The van der Waals surface area contributed by atoms with Crippen LogP contribution in [-0.2, 0) is 22.5 Å². The van der Waals surface area contributed by atoms with Crippen LogP contribution in [0.3, 0.4) is 0 Å². The molecular formula is C32H35FN4O4. The van der Waals surface area contributed by atoms with Gasteiger partial charge in [0.1, 0.15) is 12.4 Å². The minimum Gasteiger partial charge on any atom is -0.462 e. The van der Waals surface area contributed by atoms with E-state index < -0.39 is 12.0 Å². The average Bonchev–Trinajstić information content (AvgIpc) is 3.39. The molecule has 0 aliphatic heterocycles. The van der Waals surface area contributed by atoms with E-state index in [1.807, 2.05) is 37.4 Å². The highest BCUT2D eigenvalue weighted by molar-refractivity contribution is 5.94. The van der Waals surface area contributed by atoms with Gasteiger partial charge in [-0.05, 0) is 73.4 Å². The van der Waals surface area contributed by atoms with E-state index in [1.54, 1.807) is 48.2 Å². The van der Waals surface area contributed by atoms with Gasteiger partial charge in [0.15, 0.2) is 0 Å². The lowest BCUT2D eigenvalue weighted by atomic mass is 10.1. The summed E-state index contributed by atoms with van der Waals surface area (Å²) in [7, 11) is 0. The number of aromatic amines is 1. The molecule has 9 heteroatoms. The predicted octanol–water partition coefficient (Wildman–Crippen LogP) is 6.00.